The first-order valence-electron chi connectivity index (χ1n) is 7.45. The number of ether oxygens (including phenoxy) is 3. The molecule has 0 radical (unpaired) electrons. The van der Waals surface area contributed by atoms with Gasteiger partial charge in [0.1, 0.15) is 17.2 Å². The fraction of sp³-hybridized carbons (Fsp3) is 0.158. The smallest absolute Gasteiger partial charge is 0.203 e. The summed E-state index contributed by atoms with van der Waals surface area (Å²) in [4.78, 5) is 0. The van der Waals surface area contributed by atoms with E-state index in [0.717, 1.165) is 0 Å². The molecule has 0 atom stereocenters. The number of halogens is 1. The van der Waals surface area contributed by atoms with Crippen molar-refractivity contribution in [3.8, 4) is 23.0 Å². The lowest BCUT2D eigenvalue weighted by molar-refractivity contribution is 0.324. The number of furan rings is 1. The van der Waals surface area contributed by atoms with Gasteiger partial charge in [-0.05, 0) is 42.0 Å². The van der Waals surface area contributed by atoms with Crippen LogP contribution in [0.5, 0.6) is 23.0 Å². The van der Waals surface area contributed by atoms with E-state index in [2.05, 4.69) is 0 Å². The summed E-state index contributed by atoms with van der Waals surface area (Å²) in [5.74, 6) is 0.588. The van der Waals surface area contributed by atoms with E-state index < -0.39 is 5.83 Å². The highest BCUT2D eigenvalue weighted by Gasteiger charge is 2.15. The highest BCUT2D eigenvalue weighted by atomic mass is 19.1. The van der Waals surface area contributed by atoms with Crippen LogP contribution in [0, 0.1) is 0 Å². The molecule has 130 valence electrons. The molecular weight excluding hydrogens is 327 g/mol. The van der Waals surface area contributed by atoms with Crippen molar-refractivity contribution >= 4 is 22.9 Å². The number of rotatable bonds is 5. The van der Waals surface area contributed by atoms with E-state index in [-0.39, 0.29) is 11.3 Å². The van der Waals surface area contributed by atoms with Crippen LogP contribution >= 0.6 is 0 Å². The van der Waals surface area contributed by atoms with Crippen molar-refractivity contribution in [2.75, 3.05) is 21.3 Å². The standard InChI is InChI=1S/C19H17FO5/c1-22-17-9-12(10-18(23-2)19(17)24-3)14(20)6-11-7-15(21)13-4-5-25-16(13)8-11/h4-10,21H,1-3H3/b14-6+. The lowest BCUT2D eigenvalue weighted by atomic mass is 10.1. The predicted octanol–water partition coefficient (Wildman–Crippen LogP) is 4.63. The molecule has 25 heavy (non-hydrogen) atoms. The molecule has 3 aromatic rings. The molecule has 0 saturated heterocycles. The third-order valence-electron chi connectivity index (χ3n) is 3.81. The van der Waals surface area contributed by atoms with Gasteiger partial charge < -0.3 is 23.7 Å². The maximum absolute atomic E-state index is 14.7. The van der Waals surface area contributed by atoms with Crippen LogP contribution < -0.4 is 14.2 Å². The summed E-state index contributed by atoms with van der Waals surface area (Å²) >= 11 is 0. The van der Waals surface area contributed by atoms with Crippen molar-refractivity contribution in [2.45, 2.75) is 0 Å². The van der Waals surface area contributed by atoms with Crippen LogP contribution in [0.3, 0.4) is 0 Å². The predicted molar refractivity (Wildman–Crippen MR) is 93.0 cm³/mol. The summed E-state index contributed by atoms with van der Waals surface area (Å²) in [6, 6.07) is 7.78. The molecule has 0 bridgehead atoms. The van der Waals surface area contributed by atoms with Gasteiger partial charge in [-0.15, -0.1) is 0 Å². The third-order valence-corrected chi connectivity index (χ3v) is 3.81. The molecule has 0 amide bonds. The van der Waals surface area contributed by atoms with Gasteiger partial charge in [-0.25, -0.2) is 4.39 Å². The fourth-order valence-electron chi connectivity index (χ4n) is 2.60. The molecule has 1 aromatic heterocycles. The number of hydrogen-bond acceptors (Lipinski definition) is 5. The first-order valence-corrected chi connectivity index (χ1v) is 7.45. The Balaban J connectivity index is 2.06. The number of methoxy groups -OCH3 is 3. The maximum atomic E-state index is 14.7. The lowest BCUT2D eigenvalue weighted by Gasteiger charge is -2.13. The van der Waals surface area contributed by atoms with Gasteiger partial charge in [0.25, 0.3) is 0 Å². The quantitative estimate of drug-likeness (QED) is 0.684. The van der Waals surface area contributed by atoms with Crippen LogP contribution in [0.2, 0.25) is 0 Å². The Morgan fingerprint density at radius 2 is 1.72 bits per heavy atom. The van der Waals surface area contributed by atoms with Crippen molar-refractivity contribution in [1.82, 2.24) is 0 Å². The Morgan fingerprint density at radius 1 is 1.04 bits per heavy atom. The second-order valence-corrected chi connectivity index (χ2v) is 5.28. The van der Waals surface area contributed by atoms with Gasteiger partial charge in [0, 0.05) is 5.56 Å². The third kappa shape index (κ3) is 3.10. The topological polar surface area (TPSA) is 61.1 Å². The van der Waals surface area contributed by atoms with Gasteiger partial charge in [-0.2, -0.15) is 0 Å². The zero-order valence-corrected chi connectivity index (χ0v) is 14.0. The number of hydrogen-bond donors (Lipinski definition) is 1. The van der Waals surface area contributed by atoms with Crippen LogP contribution in [0.15, 0.2) is 41.0 Å². The molecule has 6 heteroatoms. The minimum absolute atomic E-state index is 0.0233. The highest BCUT2D eigenvalue weighted by Crippen LogP contribution is 2.40. The van der Waals surface area contributed by atoms with Gasteiger partial charge in [0.2, 0.25) is 5.75 Å². The Labute approximate surface area is 143 Å². The van der Waals surface area contributed by atoms with Crippen LogP contribution in [0.1, 0.15) is 11.1 Å². The largest absolute Gasteiger partial charge is 0.507 e. The Hall–Kier alpha value is -3.15. The van der Waals surface area contributed by atoms with Crippen molar-refractivity contribution in [1.29, 1.82) is 0 Å². The number of benzene rings is 2. The van der Waals surface area contributed by atoms with Crippen LogP contribution in [-0.2, 0) is 0 Å². The molecule has 2 aromatic carbocycles. The van der Waals surface area contributed by atoms with Crippen LogP contribution in [0.25, 0.3) is 22.9 Å². The van der Waals surface area contributed by atoms with E-state index in [0.29, 0.717) is 33.8 Å². The normalized spacial score (nSPS) is 11.6. The minimum Gasteiger partial charge on any atom is -0.507 e. The number of aromatic hydroxyl groups is 1. The highest BCUT2D eigenvalue weighted by molar-refractivity contribution is 5.88. The SMILES string of the molecule is COc1cc(/C(F)=C\c2cc(O)c3ccoc3c2)cc(OC)c1OC. The fourth-order valence-corrected chi connectivity index (χ4v) is 2.60. The van der Waals surface area contributed by atoms with Gasteiger partial charge in [-0.1, -0.05) is 0 Å². The van der Waals surface area contributed by atoms with Crippen molar-refractivity contribution in [2.24, 2.45) is 0 Å². The van der Waals surface area contributed by atoms with E-state index in [1.165, 1.54) is 51.9 Å². The average Bonchev–Trinajstić information content (AvgIpc) is 3.09. The Bertz CT molecular complexity index is 917. The van der Waals surface area contributed by atoms with E-state index in [9.17, 15) is 9.50 Å². The summed E-state index contributed by atoms with van der Waals surface area (Å²) in [6.45, 7) is 0. The molecule has 1 N–H and O–H groups in total. The molecule has 0 unspecified atom stereocenters. The number of phenolic OH excluding ortho intramolecular Hbond substituents is 1. The summed E-state index contributed by atoms with van der Waals surface area (Å²) in [6.07, 6.45) is 2.76. The van der Waals surface area contributed by atoms with E-state index in [1.807, 2.05) is 0 Å². The van der Waals surface area contributed by atoms with Gasteiger partial charge in [-0.3, -0.25) is 0 Å². The average molecular weight is 344 g/mol. The Kier molecular flexibility index (Phi) is 4.52. The first kappa shape index (κ1) is 16.7. The molecule has 0 aliphatic heterocycles. The van der Waals surface area contributed by atoms with E-state index in [4.69, 9.17) is 18.6 Å². The molecule has 5 nitrogen and oxygen atoms in total. The maximum Gasteiger partial charge on any atom is 0.203 e. The summed E-state index contributed by atoms with van der Waals surface area (Å²) in [7, 11) is 4.41. The molecule has 0 aliphatic rings. The lowest BCUT2D eigenvalue weighted by Crippen LogP contribution is -1.96. The molecule has 0 spiro atoms. The van der Waals surface area contributed by atoms with Crippen molar-refractivity contribution < 1.29 is 28.1 Å². The first-order chi connectivity index (χ1) is 12.1. The minimum atomic E-state index is -0.524. The van der Waals surface area contributed by atoms with Gasteiger partial charge in [0.05, 0.1) is 33.0 Å². The van der Waals surface area contributed by atoms with Crippen molar-refractivity contribution in [3.63, 3.8) is 0 Å². The van der Waals surface area contributed by atoms with Crippen LogP contribution in [-0.4, -0.2) is 26.4 Å². The van der Waals surface area contributed by atoms with E-state index in [1.54, 1.807) is 12.1 Å². The summed E-state index contributed by atoms with van der Waals surface area (Å²) in [5.41, 5.74) is 1.20. The molecule has 0 saturated carbocycles. The van der Waals surface area contributed by atoms with Crippen LogP contribution in [0.4, 0.5) is 4.39 Å². The molecular formula is C19H17FO5. The molecule has 3 rings (SSSR count). The van der Waals surface area contributed by atoms with E-state index >= 15 is 0 Å². The van der Waals surface area contributed by atoms with Gasteiger partial charge in [0.15, 0.2) is 11.5 Å². The molecule has 0 fully saturated rings. The molecule has 0 aliphatic carbocycles. The summed E-state index contributed by atoms with van der Waals surface area (Å²) < 4.78 is 35.7. The summed E-state index contributed by atoms with van der Waals surface area (Å²) in [5, 5.41) is 10.6. The second kappa shape index (κ2) is 6.76. The second-order valence-electron chi connectivity index (χ2n) is 5.28. The molecule has 1 heterocycles. The zero-order chi connectivity index (χ0) is 18.0. The number of phenols is 1. The Morgan fingerprint density at radius 3 is 2.32 bits per heavy atom. The zero-order valence-electron chi connectivity index (χ0n) is 14.0. The number of fused-ring (bicyclic) bond motifs is 1. The van der Waals surface area contributed by atoms with Gasteiger partial charge >= 0.3 is 0 Å². The van der Waals surface area contributed by atoms with Crippen molar-refractivity contribution in [3.05, 3.63) is 47.7 Å². The monoisotopic (exact) mass is 344 g/mol.